The highest BCUT2D eigenvalue weighted by Crippen LogP contribution is 2.24. The smallest absolute Gasteiger partial charge is 0.202 e. The molecule has 21 heavy (non-hydrogen) atoms. The predicted molar refractivity (Wildman–Crippen MR) is 78.2 cm³/mol. The number of nitrogens with zero attached hydrogens (tertiary/aromatic N) is 2. The molecule has 1 aromatic heterocycles. The second-order valence-electron chi connectivity index (χ2n) is 5.10. The van der Waals surface area contributed by atoms with Crippen LogP contribution >= 0.6 is 0 Å². The molecule has 0 aliphatic carbocycles. The zero-order valence-corrected chi connectivity index (χ0v) is 12.2. The van der Waals surface area contributed by atoms with E-state index in [2.05, 4.69) is 5.10 Å². The number of rotatable bonds is 6. The molecule has 1 fully saturated rings. The highest BCUT2D eigenvalue weighted by Gasteiger charge is 2.35. The predicted octanol–water partition coefficient (Wildman–Crippen LogP) is 2.46. The summed E-state index contributed by atoms with van der Waals surface area (Å²) in [5.41, 5.74) is 1.18. The summed E-state index contributed by atoms with van der Waals surface area (Å²) >= 11 is 0. The fourth-order valence-electron chi connectivity index (χ4n) is 2.35. The van der Waals surface area contributed by atoms with E-state index in [-0.39, 0.29) is 0 Å². The van der Waals surface area contributed by atoms with Crippen LogP contribution in [0.15, 0.2) is 42.7 Å². The molecule has 5 nitrogen and oxygen atoms in total. The molecular formula is C16H20N2O3. The first kappa shape index (κ1) is 14.1. The summed E-state index contributed by atoms with van der Waals surface area (Å²) in [5, 5.41) is 4.20. The Morgan fingerprint density at radius 1 is 1.24 bits per heavy atom. The van der Waals surface area contributed by atoms with E-state index >= 15 is 0 Å². The molecule has 0 unspecified atom stereocenters. The molecule has 1 aliphatic rings. The quantitative estimate of drug-likeness (QED) is 0.819. The first-order valence-corrected chi connectivity index (χ1v) is 7.27. The van der Waals surface area contributed by atoms with Crippen molar-refractivity contribution in [3.05, 3.63) is 48.3 Å². The van der Waals surface area contributed by atoms with Crippen LogP contribution in [0.5, 0.6) is 5.75 Å². The minimum Gasteiger partial charge on any atom is -0.488 e. The number of ether oxygens (including phenoxy) is 3. The lowest BCUT2D eigenvalue weighted by atomic mass is 10.2. The van der Waals surface area contributed by atoms with Gasteiger partial charge >= 0.3 is 0 Å². The molecule has 0 radical (unpaired) electrons. The van der Waals surface area contributed by atoms with Crippen LogP contribution in [0, 0.1) is 0 Å². The maximum atomic E-state index is 5.80. The fourth-order valence-corrected chi connectivity index (χ4v) is 2.35. The zero-order chi connectivity index (χ0) is 14.5. The Bertz CT molecular complexity index is 545. The Kier molecular flexibility index (Phi) is 4.22. The van der Waals surface area contributed by atoms with Crippen molar-refractivity contribution in [1.82, 2.24) is 9.78 Å². The zero-order valence-electron chi connectivity index (χ0n) is 12.2. The SMILES string of the molecule is CCC1(COc2ccc(Cn3cccn3)cc2)OCCO1. The Hall–Kier alpha value is -1.85. The Morgan fingerprint density at radius 3 is 2.62 bits per heavy atom. The van der Waals surface area contributed by atoms with Gasteiger partial charge in [0.05, 0.1) is 19.8 Å². The normalized spacial score (nSPS) is 17.0. The van der Waals surface area contributed by atoms with Gasteiger partial charge in [-0.1, -0.05) is 19.1 Å². The first-order valence-electron chi connectivity index (χ1n) is 7.27. The van der Waals surface area contributed by atoms with E-state index in [4.69, 9.17) is 14.2 Å². The van der Waals surface area contributed by atoms with Crippen molar-refractivity contribution in [1.29, 1.82) is 0 Å². The third kappa shape index (κ3) is 3.43. The second kappa shape index (κ2) is 6.28. The van der Waals surface area contributed by atoms with Crippen LogP contribution in [-0.4, -0.2) is 35.4 Å². The molecule has 1 saturated heterocycles. The van der Waals surface area contributed by atoms with Gasteiger partial charge < -0.3 is 14.2 Å². The van der Waals surface area contributed by atoms with Gasteiger partial charge in [-0.2, -0.15) is 5.10 Å². The summed E-state index contributed by atoms with van der Waals surface area (Å²) in [6, 6.07) is 9.95. The number of hydrogen-bond acceptors (Lipinski definition) is 4. The molecule has 3 rings (SSSR count). The molecule has 2 aromatic rings. The Balaban J connectivity index is 1.57. The fraction of sp³-hybridized carbons (Fsp3) is 0.438. The van der Waals surface area contributed by atoms with E-state index in [1.54, 1.807) is 6.20 Å². The van der Waals surface area contributed by atoms with E-state index in [1.165, 1.54) is 5.56 Å². The summed E-state index contributed by atoms with van der Waals surface area (Å²) in [5.74, 6) is 0.249. The minimum absolute atomic E-state index is 0.419. The van der Waals surface area contributed by atoms with E-state index in [9.17, 15) is 0 Å². The van der Waals surface area contributed by atoms with Crippen molar-refractivity contribution in [2.75, 3.05) is 19.8 Å². The van der Waals surface area contributed by atoms with E-state index in [1.807, 2.05) is 48.1 Å². The summed E-state index contributed by atoms with van der Waals surface area (Å²) in [4.78, 5) is 0. The Morgan fingerprint density at radius 2 is 2.00 bits per heavy atom. The molecule has 5 heteroatoms. The monoisotopic (exact) mass is 288 g/mol. The topological polar surface area (TPSA) is 45.5 Å². The lowest BCUT2D eigenvalue weighted by Gasteiger charge is -2.25. The van der Waals surface area contributed by atoms with E-state index < -0.39 is 5.79 Å². The molecule has 0 saturated carbocycles. The molecular weight excluding hydrogens is 268 g/mol. The van der Waals surface area contributed by atoms with E-state index in [0.29, 0.717) is 19.8 Å². The number of hydrogen-bond donors (Lipinski definition) is 0. The highest BCUT2D eigenvalue weighted by molar-refractivity contribution is 5.27. The Labute approximate surface area is 124 Å². The maximum Gasteiger partial charge on any atom is 0.202 e. The van der Waals surface area contributed by atoms with Gasteiger partial charge in [-0.15, -0.1) is 0 Å². The van der Waals surface area contributed by atoms with Gasteiger partial charge in [0, 0.05) is 18.8 Å². The highest BCUT2D eigenvalue weighted by atomic mass is 16.8. The van der Waals surface area contributed by atoms with Crippen molar-refractivity contribution < 1.29 is 14.2 Å². The van der Waals surface area contributed by atoms with Crippen LogP contribution in [0.25, 0.3) is 0 Å². The van der Waals surface area contributed by atoms with Gasteiger partial charge in [-0.25, -0.2) is 0 Å². The van der Waals surface area contributed by atoms with Crippen LogP contribution in [0.1, 0.15) is 18.9 Å². The molecule has 1 aliphatic heterocycles. The molecule has 0 amide bonds. The molecule has 0 atom stereocenters. The average molecular weight is 288 g/mol. The summed E-state index contributed by atoms with van der Waals surface area (Å²) in [6.07, 6.45) is 4.51. The van der Waals surface area contributed by atoms with Crippen molar-refractivity contribution in [3.63, 3.8) is 0 Å². The maximum absolute atomic E-state index is 5.80. The van der Waals surface area contributed by atoms with Gasteiger partial charge in [0.25, 0.3) is 0 Å². The molecule has 112 valence electrons. The first-order chi connectivity index (χ1) is 10.3. The average Bonchev–Trinajstić information content (AvgIpc) is 3.19. The molecule has 0 N–H and O–H groups in total. The second-order valence-corrected chi connectivity index (χ2v) is 5.10. The molecule has 2 heterocycles. The number of benzene rings is 1. The minimum atomic E-state index is -0.576. The summed E-state index contributed by atoms with van der Waals surface area (Å²) in [7, 11) is 0. The van der Waals surface area contributed by atoms with Crippen LogP contribution in [-0.2, 0) is 16.0 Å². The van der Waals surface area contributed by atoms with Gasteiger partial charge in [-0.05, 0) is 23.8 Å². The lowest BCUT2D eigenvalue weighted by molar-refractivity contribution is -0.178. The van der Waals surface area contributed by atoms with Gasteiger partial charge in [0.15, 0.2) is 0 Å². The van der Waals surface area contributed by atoms with Crippen LogP contribution in [0.3, 0.4) is 0 Å². The lowest BCUT2D eigenvalue weighted by Crippen LogP contribution is -2.36. The van der Waals surface area contributed by atoms with Crippen molar-refractivity contribution in [2.24, 2.45) is 0 Å². The van der Waals surface area contributed by atoms with Crippen molar-refractivity contribution in [2.45, 2.75) is 25.7 Å². The number of aromatic nitrogens is 2. The molecule has 0 spiro atoms. The summed E-state index contributed by atoms with van der Waals surface area (Å²) in [6.45, 7) is 4.50. The van der Waals surface area contributed by atoms with Gasteiger partial charge in [0.2, 0.25) is 5.79 Å². The van der Waals surface area contributed by atoms with Gasteiger partial charge in [0.1, 0.15) is 12.4 Å². The molecule has 1 aromatic carbocycles. The summed E-state index contributed by atoms with van der Waals surface area (Å²) < 4.78 is 19.0. The van der Waals surface area contributed by atoms with Crippen LogP contribution in [0.2, 0.25) is 0 Å². The van der Waals surface area contributed by atoms with Crippen molar-refractivity contribution in [3.8, 4) is 5.75 Å². The van der Waals surface area contributed by atoms with Crippen LogP contribution < -0.4 is 4.74 Å². The standard InChI is InChI=1S/C16H20N2O3/c1-2-16(20-10-11-21-16)13-19-15-6-4-14(5-7-15)12-18-9-3-8-17-18/h3-9H,2,10-13H2,1H3. The largest absolute Gasteiger partial charge is 0.488 e. The molecule has 0 bridgehead atoms. The van der Waals surface area contributed by atoms with Crippen molar-refractivity contribution >= 4 is 0 Å². The van der Waals surface area contributed by atoms with Gasteiger partial charge in [-0.3, -0.25) is 4.68 Å². The third-order valence-corrected chi connectivity index (χ3v) is 3.64. The van der Waals surface area contributed by atoms with E-state index in [0.717, 1.165) is 18.7 Å². The van der Waals surface area contributed by atoms with Crippen LogP contribution in [0.4, 0.5) is 0 Å². The third-order valence-electron chi connectivity index (χ3n) is 3.64.